The van der Waals surface area contributed by atoms with Crippen molar-refractivity contribution < 1.29 is 19.0 Å². The topological polar surface area (TPSA) is 44.8 Å². The number of rotatable bonds is 3. The van der Waals surface area contributed by atoms with Crippen molar-refractivity contribution in [2.24, 2.45) is 0 Å². The Labute approximate surface area is 123 Å². The molecular formula is C17H16O4. The third-order valence-electron chi connectivity index (χ3n) is 3.61. The Morgan fingerprint density at radius 3 is 2.62 bits per heavy atom. The number of methoxy groups -OCH3 is 2. The number of hydrogen-bond acceptors (Lipinski definition) is 4. The van der Waals surface area contributed by atoms with E-state index < -0.39 is 0 Å². The summed E-state index contributed by atoms with van der Waals surface area (Å²) in [5.41, 5.74) is 1.45. The number of hydrogen-bond donors (Lipinski definition) is 0. The number of benzene rings is 2. The zero-order valence-electron chi connectivity index (χ0n) is 12.0. The maximum atomic E-state index is 12.3. The molecule has 2 aromatic carbocycles. The Kier molecular flexibility index (Phi) is 3.52. The molecule has 0 bridgehead atoms. The van der Waals surface area contributed by atoms with Gasteiger partial charge in [-0.3, -0.25) is 4.79 Å². The molecule has 3 rings (SSSR count). The minimum absolute atomic E-state index is 0.0757. The van der Waals surface area contributed by atoms with E-state index in [9.17, 15) is 4.79 Å². The van der Waals surface area contributed by atoms with Gasteiger partial charge in [-0.25, -0.2) is 0 Å². The Morgan fingerprint density at radius 1 is 1.05 bits per heavy atom. The Balaban J connectivity index is 2.02. The number of carbonyl (C=O) groups excluding carboxylic acids is 1. The molecule has 0 saturated heterocycles. The van der Waals surface area contributed by atoms with Crippen molar-refractivity contribution >= 4 is 5.78 Å². The summed E-state index contributed by atoms with van der Waals surface area (Å²) in [5.74, 6) is 1.93. The molecular weight excluding hydrogens is 268 g/mol. The van der Waals surface area contributed by atoms with E-state index in [2.05, 4.69) is 0 Å². The minimum atomic E-state index is -0.363. The summed E-state index contributed by atoms with van der Waals surface area (Å²) in [6.07, 6.45) is -0.0713. The number of carbonyl (C=O) groups is 1. The highest BCUT2D eigenvalue weighted by Crippen LogP contribution is 2.41. The van der Waals surface area contributed by atoms with Gasteiger partial charge in [-0.15, -0.1) is 0 Å². The molecule has 0 amide bonds. The number of fused-ring (bicyclic) bond motifs is 1. The smallest absolute Gasteiger partial charge is 0.170 e. The number of para-hydroxylation sites is 2. The van der Waals surface area contributed by atoms with Gasteiger partial charge >= 0.3 is 0 Å². The van der Waals surface area contributed by atoms with Gasteiger partial charge in [0, 0.05) is 5.56 Å². The average molecular weight is 284 g/mol. The van der Waals surface area contributed by atoms with Crippen LogP contribution in [0.5, 0.6) is 17.2 Å². The zero-order chi connectivity index (χ0) is 14.8. The number of ketones is 1. The SMILES string of the molecule is COc1cccc(C2CC(=O)c3ccccc3O2)c1OC. The molecule has 0 saturated carbocycles. The summed E-state index contributed by atoms with van der Waals surface area (Å²) in [6, 6.07) is 12.9. The molecule has 0 aliphatic carbocycles. The van der Waals surface area contributed by atoms with Crippen LogP contribution in [0.1, 0.15) is 28.4 Å². The van der Waals surface area contributed by atoms with E-state index in [4.69, 9.17) is 14.2 Å². The normalized spacial score (nSPS) is 16.9. The molecule has 4 nitrogen and oxygen atoms in total. The van der Waals surface area contributed by atoms with Crippen molar-refractivity contribution in [3.63, 3.8) is 0 Å². The van der Waals surface area contributed by atoms with E-state index in [1.807, 2.05) is 36.4 Å². The average Bonchev–Trinajstić information content (AvgIpc) is 2.54. The molecule has 108 valence electrons. The Morgan fingerprint density at radius 2 is 1.86 bits per heavy atom. The molecule has 1 unspecified atom stereocenters. The molecule has 1 heterocycles. The van der Waals surface area contributed by atoms with E-state index in [0.29, 0.717) is 29.2 Å². The van der Waals surface area contributed by atoms with Gasteiger partial charge < -0.3 is 14.2 Å². The van der Waals surface area contributed by atoms with Crippen LogP contribution in [0.15, 0.2) is 42.5 Å². The van der Waals surface area contributed by atoms with Crippen molar-refractivity contribution in [2.45, 2.75) is 12.5 Å². The van der Waals surface area contributed by atoms with Crippen LogP contribution in [0.25, 0.3) is 0 Å². The summed E-state index contributed by atoms with van der Waals surface area (Å²) < 4.78 is 16.7. The first-order valence-corrected chi connectivity index (χ1v) is 6.74. The molecule has 1 aliphatic heterocycles. The first kappa shape index (κ1) is 13.5. The van der Waals surface area contributed by atoms with Crippen LogP contribution in [0.4, 0.5) is 0 Å². The van der Waals surface area contributed by atoms with E-state index in [0.717, 1.165) is 5.56 Å². The van der Waals surface area contributed by atoms with E-state index in [1.165, 1.54) is 0 Å². The summed E-state index contributed by atoms with van der Waals surface area (Å²) in [7, 11) is 3.17. The lowest BCUT2D eigenvalue weighted by Crippen LogP contribution is -2.20. The van der Waals surface area contributed by atoms with Crippen LogP contribution in [-0.2, 0) is 0 Å². The standard InChI is InChI=1S/C17H16O4/c1-19-15-9-5-7-12(17(15)20-2)16-10-13(18)11-6-3-4-8-14(11)21-16/h3-9,16H,10H2,1-2H3. The quantitative estimate of drug-likeness (QED) is 0.866. The maximum Gasteiger partial charge on any atom is 0.170 e. The third kappa shape index (κ3) is 2.33. The van der Waals surface area contributed by atoms with Gasteiger partial charge in [0.2, 0.25) is 0 Å². The predicted molar refractivity (Wildman–Crippen MR) is 78.3 cm³/mol. The van der Waals surface area contributed by atoms with Crippen LogP contribution in [-0.4, -0.2) is 20.0 Å². The van der Waals surface area contributed by atoms with Gasteiger partial charge in [0.15, 0.2) is 17.3 Å². The molecule has 1 atom stereocenters. The zero-order valence-corrected chi connectivity index (χ0v) is 12.0. The van der Waals surface area contributed by atoms with E-state index in [-0.39, 0.29) is 11.9 Å². The third-order valence-corrected chi connectivity index (χ3v) is 3.61. The van der Waals surface area contributed by atoms with Crippen molar-refractivity contribution in [3.05, 3.63) is 53.6 Å². The highest BCUT2D eigenvalue weighted by molar-refractivity contribution is 6.00. The summed E-state index contributed by atoms with van der Waals surface area (Å²) >= 11 is 0. The molecule has 4 heteroatoms. The van der Waals surface area contributed by atoms with Gasteiger partial charge in [-0.2, -0.15) is 0 Å². The van der Waals surface area contributed by atoms with Crippen LogP contribution >= 0.6 is 0 Å². The largest absolute Gasteiger partial charge is 0.493 e. The Bertz CT molecular complexity index is 678. The van der Waals surface area contributed by atoms with Crippen LogP contribution in [0.3, 0.4) is 0 Å². The highest BCUT2D eigenvalue weighted by Gasteiger charge is 2.30. The monoisotopic (exact) mass is 284 g/mol. The minimum Gasteiger partial charge on any atom is -0.493 e. The van der Waals surface area contributed by atoms with Crippen LogP contribution in [0, 0.1) is 0 Å². The molecule has 21 heavy (non-hydrogen) atoms. The first-order valence-electron chi connectivity index (χ1n) is 6.74. The van der Waals surface area contributed by atoms with Crippen molar-refractivity contribution in [2.75, 3.05) is 14.2 Å². The van der Waals surface area contributed by atoms with Gasteiger partial charge in [-0.05, 0) is 18.2 Å². The fraction of sp³-hybridized carbons (Fsp3) is 0.235. The highest BCUT2D eigenvalue weighted by atomic mass is 16.5. The first-order chi connectivity index (χ1) is 10.2. The second-order valence-electron chi connectivity index (χ2n) is 4.81. The Hall–Kier alpha value is -2.49. The molecule has 0 N–H and O–H groups in total. The number of ether oxygens (including phenoxy) is 3. The molecule has 2 aromatic rings. The number of Topliss-reactive ketones (excluding diaryl/α,β-unsaturated/α-hetero) is 1. The van der Waals surface area contributed by atoms with Gasteiger partial charge in [-0.1, -0.05) is 24.3 Å². The van der Waals surface area contributed by atoms with Crippen molar-refractivity contribution in [1.82, 2.24) is 0 Å². The fourth-order valence-electron chi connectivity index (χ4n) is 2.61. The van der Waals surface area contributed by atoms with Gasteiger partial charge in [0.05, 0.1) is 26.2 Å². The molecule has 0 radical (unpaired) electrons. The van der Waals surface area contributed by atoms with Crippen molar-refractivity contribution in [1.29, 1.82) is 0 Å². The second-order valence-corrected chi connectivity index (χ2v) is 4.81. The summed E-state index contributed by atoms with van der Waals surface area (Å²) in [5, 5.41) is 0. The molecule has 1 aliphatic rings. The second kappa shape index (κ2) is 5.48. The maximum absolute atomic E-state index is 12.3. The predicted octanol–water partition coefficient (Wildman–Crippen LogP) is 3.41. The van der Waals surface area contributed by atoms with E-state index in [1.54, 1.807) is 20.3 Å². The lowest BCUT2D eigenvalue weighted by molar-refractivity contribution is 0.0846. The van der Waals surface area contributed by atoms with E-state index >= 15 is 0 Å². The lowest BCUT2D eigenvalue weighted by Gasteiger charge is -2.27. The summed E-state index contributed by atoms with van der Waals surface area (Å²) in [4.78, 5) is 12.3. The van der Waals surface area contributed by atoms with Gasteiger partial charge in [0.25, 0.3) is 0 Å². The molecule has 0 aromatic heterocycles. The molecule has 0 fully saturated rings. The van der Waals surface area contributed by atoms with Crippen LogP contribution < -0.4 is 14.2 Å². The lowest BCUT2D eigenvalue weighted by atomic mass is 9.95. The fourth-order valence-corrected chi connectivity index (χ4v) is 2.61. The van der Waals surface area contributed by atoms with Crippen molar-refractivity contribution in [3.8, 4) is 17.2 Å². The van der Waals surface area contributed by atoms with Crippen LogP contribution in [0.2, 0.25) is 0 Å². The summed E-state index contributed by atoms with van der Waals surface area (Å²) in [6.45, 7) is 0. The van der Waals surface area contributed by atoms with Gasteiger partial charge in [0.1, 0.15) is 11.9 Å². The molecule has 0 spiro atoms.